The summed E-state index contributed by atoms with van der Waals surface area (Å²) < 4.78 is 11.4. The van der Waals surface area contributed by atoms with E-state index in [-0.39, 0.29) is 18.4 Å². The molecule has 0 saturated heterocycles. The van der Waals surface area contributed by atoms with Crippen LogP contribution in [0.4, 0.5) is 11.4 Å². The lowest BCUT2D eigenvalue weighted by atomic mass is 9.92. The largest absolute Gasteiger partial charge is 0.490 e. The lowest BCUT2D eigenvalue weighted by Crippen LogP contribution is -2.42. The molecule has 1 aliphatic rings. The Labute approximate surface area is 188 Å². The molecule has 1 aliphatic heterocycles. The van der Waals surface area contributed by atoms with Gasteiger partial charge < -0.3 is 19.7 Å². The van der Waals surface area contributed by atoms with Crippen molar-refractivity contribution in [3.8, 4) is 11.5 Å². The normalized spacial score (nSPS) is 15.2. The molecule has 0 saturated carbocycles. The molecule has 0 aromatic heterocycles. The lowest BCUT2D eigenvalue weighted by Gasteiger charge is -2.28. The van der Waals surface area contributed by atoms with E-state index in [1.165, 1.54) is 0 Å². The average molecular weight is 445 g/mol. The van der Waals surface area contributed by atoms with Gasteiger partial charge in [-0.3, -0.25) is 9.59 Å². The molecule has 2 aromatic carbocycles. The Kier molecular flexibility index (Phi) is 7.11. The molecule has 7 heteroatoms. The predicted octanol–water partition coefficient (Wildman–Crippen LogP) is 5.16. The number of hydrogen-bond acceptors (Lipinski definition) is 4. The van der Waals surface area contributed by atoms with Crippen molar-refractivity contribution in [3.63, 3.8) is 0 Å². The number of benzene rings is 2. The second kappa shape index (κ2) is 9.60. The minimum Gasteiger partial charge on any atom is -0.490 e. The van der Waals surface area contributed by atoms with Crippen LogP contribution in [0, 0.1) is 11.3 Å². The van der Waals surface area contributed by atoms with Gasteiger partial charge in [-0.25, -0.2) is 0 Å². The Morgan fingerprint density at radius 3 is 2.61 bits per heavy atom. The number of halogens is 1. The quantitative estimate of drug-likeness (QED) is 0.640. The second-order valence-electron chi connectivity index (χ2n) is 8.79. The smallest absolute Gasteiger partial charge is 0.262 e. The maximum absolute atomic E-state index is 13.2. The molecule has 1 heterocycles. The number of nitrogens with zero attached hydrogens (tertiary/aromatic N) is 1. The first-order valence-electron chi connectivity index (χ1n) is 10.4. The van der Waals surface area contributed by atoms with Crippen LogP contribution in [0.5, 0.6) is 11.5 Å². The Bertz CT molecular complexity index is 941. The van der Waals surface area contributed by atoms with Crippen LogP contribution in [0.3, 0.4) is 0 Å². The number of hydrogen-bond donors (Lipinski definition) is 1. The van der Waals surface area contributed by atoms with E-state index in [2.05, 4.69) is 19.2 Å². The van der Waals surface area contributed by atoms with Crippen LogP contribution in [-0.2, 0) is 9.59 Å². The monoisotopic (exact) mass is 444 g/mol. The average Bonchev–Trinajstić information content (AvgIpc) is 2.81. The van der Waals surface area contributed by atoms with Gasteiger partial charge in [-0.1, -0.05) is 25.4 Å². The molecule has 0 aliphatic carbocycles. The van der Waals surface area contributed by atoms with E-state index >= 15 is 0 Å². The zero-order valence-electron chi connectivity index (χ0n) is 18.4. The molecule has 0 radical (unpaired) electrons. The van der Waals surface area contributed by atoms with Gasteiger partial charge in [0, 0.05) is 17.3 Å². The molecule has 0 unspecified atom stereocenters. The highest BCUT2D eigenvalue weighted by atomic mass is 35.5. The van der Waals surface area contributed by atoms with Gasteiger partial charge in [0.1, 0.15) is 18.1 Å². The molecule has 0 fully saturated rings. The van der Waals surface area contributed by atoms with E-state index in [1.54, 1.807) is 47.4 Å². The number of carbonyl (C=O) groups is 2. The number of anilines is 2. The standard InChI is InChI=1S/C24H29ClN2O4/c1-16(2)11-12-27-20-13-18(7-10-21(20)31-15-24(3,4)23(27)29)26-22(28)14-30-19-8-5-17(25)6-9-19/h5-10,13,16H,11-12,14-15H2,1-4H3,(H,26,28). The fourth-order valence-electron chi connectivity index (χ4n) is 3.21. The molecule has 2 aromatic rings. The van der Waals surface area contributed by atoms with Crippen molar-refractivity contribution in [3.05, 3.63) is 47.5 Å². The van der Waals surface area contributed by atoms with E-state index in [4.69, 9.17) is 21.1 Å². The zero-order chi connectivity index (χ0) is 22.6. The van der Waals surface area contributed by atoms with Gasteiger partial charge in [-0.15, -0.1) is 0 Å². The van der Waals surface area contributed by atoms with Crippen molar-refractivity contribution in [1.29, 1.82) is 0 Å². The predicted molar refractivity (Wildman–Crippen MR) is 123 cm³/mol. The van der Waals surface area contributed by atoms with Crippen LogP contribution < -0.4 is 19.7 Å². The molecular weight excluding hydrogens is 416 g/mol. The summed E-state index contributed by atoms with van der Waals surface area (Å²) in [6, 6.07) is 12.2. The first-order valence-corrected chi connectivity index (χ1v) is 10.8. The van der Waals surface area contributed by atoms with Gasteiger partial charge in [0.25, 0.3) is 5.91 Å². The Hall–Kier alpha value is -2.73. The van der Waals surface area contributed by atoms with E-state index in [0.717, 1.165) is 6.42 Å². The van der Waals surface area contributed by atoms with Crippen LogP contribution in [0.15, 0.2) is 42.5 Å². The molecule has 1 N–H and O–H groups in total. The number of rotatable bonds is 7. The zero-order valence-corrected chi connectivity index (χ0v) is 19.2. The first kappa shape index (κ1) is 22.9. The van der Waals surface area contributed by atoms with Gasteiger partial charge in [-0.05, 0) is 68.7 Å². The highest BCUT2D eigenvalue weighted by Gasteiger charge is 2.37. The lowest BCUT2D eigenvalue weighted by molar-refractivity contribution is -0.127. The summed E-state index contributed by atoms with van der Waals surface area (Å²) >= 11 is 5.86. The molecule has 31 heavy (non-hydrogen) atoms. The van der Waals surface area contributed by atoms with Crippen LogP contribution in [0.25, 0.3) is 0 Å². The van der Waals surface area contributed by atoms with Crippen molar-refractivity contribution < 1.29 is 19.1 Å². The van der Waals surface area contributed by atoms with Crippen LogP contribution >= 0.6 is 11.6 Å². The van der Waals surface area contributed by atoms with Crippen molar-refractivity contribution in [2.45, 2.75) is 34.1 Å². The Balaban J connectivity index is 1.75. The van der Waals surface area contributed by atoms with Crippen molar-refractivity contribution in [1.82, 2.24) is 0 Å². The van der Waals surface area contributed by atoms with Gasteiger partial charge in [0.2, 0.25) is 5.91 Å². The molecule has 3 rings (SSSR count). The summed E-state index contributed by atoms with van der Waals surface area (Å²) in [5.41, 5.74) is 0.619. The van der Waals surface area contributed by atoms with E-state index in [1.807, 2.05) is 13.8 Å². The van der Waals surface area contributed by atoms with Crippen molar-refractivity contribution in [2.24, 2.45) is 11.3 Å². The summed E-state index contributed by atoms with van der Waals surface area (Å²) in [6.45, 7) is 8.79. The first-order chi connectivity index (χ1) is 14.7. The topological polar surface area (TPSA) is 67.9 Å². The van der Waals surface area contributed by atoms with E-state index in [9.17, 15) is 9.59 Å². The van der Waals surface area contributed by atoms with Crippen LogP contribution in [-0.4, -0.2) is 31.6 Å². The minimum absolute atomic E-state index is 0.0152. The molecule has 2 amide bonds. The maximum Gasteiger partial charge on any atom is 0.262 e. The highest BCUT2D eigenvalue weighted by molar-refractivity contribution is 6.30. The molecule has 6 nitrogen and oxygen atoms in total. The fraction of sp³-hybridized carbons (Fsp3) is 0.417. The number of fused-ring (bicyclic) bond motifs is 1. The van der Waals surface area contributed by atoms with E-state index < -0.39 is 5.41 Å². The molecule has 166 valence electrons. The second-order valence-corrected chi connectivity index (χ2v) is 9.22. The summed E-state index contributed by atoms with van der Waals surface area (Å²) in [6.07, 6.45) is 0.868. The number of nitrogens with one attached hydrogen (secondary N) is 1. The molecule has 0 atom stereocenters. The van der Waals surface area contributed by atoms with Crippen molar-refractivity contribution in [2.75, 3.05) is 30.0 Å². The number of carbonyl (C=O) groups excluding carboxylic acids is 2. The molecular formula is C24H29ClN2O4. The van der Waals surface area contributed by atoms with Gasteiger partial charge in [-0.2, -0.15) is 0 Å². The van der Waals surface area contributed by atoms with Crippen LogP contribution in [0.2, 0.25) is 5.02 Å². The summed E-state index contributed by atoms with van der Waals surface area (Å²) in [5.74, 6) is 1.36. The summed E-state index contributed by atoms with van der Waals surface area (Å²) in [7, 11) is 0. The number of amides is 2. The summed E-state index contributed by atoms with van der Waals surface area (Å²) in [5, 5.41) is 3.43. The summed E-state index contributed by atoms with van der Waals surface area (Å²) in [4.78, 5) is 27.3. The molecule has 0 spiro atoms. The third-order valence-electron chi connectivity index (χ3n) is 5.06. The van der Waals surface area contributed by atoms with Crippen molar-refractivity contribution >= 4 is 34.8 Å². The molecule has 0 bridgehead atoms. The van der Waals surface area contributed by atoms with E-state index in [0.29, 0.717) is 47.0 Å². The highest BCUT2D eigenvalue weighted by Crippen LogP contribution is 2.38. The SMILES string of the molecule is CC(C)CCN1C(=O)C(C)(C)COc2ccc(NC(=O)COc3ccc(Cl)cc3)cc21. The van der Waals surface area contributed by atoms with Crippen LogP contribution in [0.1, 0.15) is 34.1 Å². The Morgan fingerprint density at radius 1 is 1.23 bits per heavy atom. The third-order valence-corrected chi connectivity index (χ3v) is 5.31. The number of ether oxygens (including phenoxy) is 2. The van der Waals surface area contributed by atoms with Gasteiger partial charge >= 0.3 is 0 Å². The fourth-order valence-corrected chi connectivity index (χ4v) is 3.33. The third kappa shape index (κ3) is 5.91. The maximum atomic E-state index is 13.2. The van der Waals surface area contributed by atoms with Gasteiger partial charge in [0.15, 0.2) is 6.61 Å². The minimum atomic E-state index is -0.633. The Morgan fingerprint density at radius 2 is 1.94 bits per heavy atom. The van der Waals surface area contributed by atoms with Gasteiger partial charge in [0.05, 0.1) is 11.1 Å².